The Balaban J connectivity index is 3.02. The second kappa shape index (κ2) is 3.87. The third kappa shape index (κ3) is 1.31. The summed E-state index contributed by atoms with van der Waals surface area (Å²) in [4.78, 5) is 0. The molecule has 2 aliphatic carbocycles. The van der Waals surface area contributed by atoms with Crippen molar-refractivity contribution in [2.45, 2.75) is 83.1 Å². The maximum atomic E-state index is 2.56. The zero-order chi connectivity index (χ0) is 16.8. The van der Waals surface area contributed by atoms with E-state index in [0.29, 0.717) is 0 Å². The molecule has 0 bridgehead atoms. The van der Waals surface area contributed by atoms with E-state index in [4.69, 9.17) is 0 Å². The largest absolute Gasteiger partial charge is 0.0676 e. The number of fused-ring (bicyclic) bond motifs is 1. The van der Waals surface area contributed by atoms with Crippen LogP contribution in [0.25, 0.3) is 0 Å². The van der Waals surface area contributed by atoms with Crippen molar-refractivity contribution in [1.29, 1.82) is 0 Å². The highest BCUT2D eigenvalue weighted by Crippen LogP contribution is 2.80. The summed E-state index contributed by atoms with van der Waals surface area (Å²) in [6.07, 6.45) is 0. The molecular formula is C21H36. The van der Waals surface area contributed by atoms with Gasteiger partial charge in [-0.3, -0.25) is 0 Å². The third-order valence-corrected chi connectivity index (χ3v) is 9.44. The predicted octanol–water partition coefficient (Wildman–Crippen LogP) is 6.78. The van der Waals surface area contributed by atoms with Crippen LogP contribution in [-0.4, -0.2) is 0 Å². The molecule has 0 fully saturated rings. The van der Waals surface area contributed by atoms with Crippen LogP contribution in [0.2, 0.25) is 0 Å². The molecule has 0 spiro atoms. The molecule has 2 unspecified atom stereocenters. The summed E-state index contributed by atoms with van der Waals surface area (Å²) in [5.74, 6) is 0. The van der Waals surface area contributed by atoms with E-state index < -0.39 is 0 Å². The number of allylic oxidation sites excluding steroid dienone is 4. The Hall–Kier alpha value is -0.520. The van der Waals surface area contributed by atoms with E-state index in [-0.39, 0.29) is 27.1 Å². The van der Waals surface area contributed by atoms with Crippen molar-refractivity contribution >= 4 is 0 Å². The Labute approximate surface area is 133 Å². The van der Waals surface area contributed by atoms with Gasteiger partial charge in [0.15, 0.2) is 0 Å². The van der Waals surface area contributed by atoms with Gasteiger partial charge in [-0.05, 0) is 49.4 Å². The van der Waals surface area contributed by atoms with E-state index in [0.717, 1.165) is 0 Å². The van der Waals surface area contributed by atoms with Gasteiger partial charge < -0.3 is 0 Å². The monoisotopic (exact) mass is 288 g/mol. The van der Waals surface area contributed by atoms with Gasteiger partial charge in [-0.1, -0.05) is 77.7 Å². The van der Waals surface area contributed by atoms with Crippen LogP contribution in [0.15, 0.2) is 22.3 Å². The standard InChI is InChI=1S/C21H36/c1-13-14(2)18(7,8)21(12)19(9,10)15(3)16(4)20(21,11)17(13,5)6/h1-12H3. The summed E-state index contributed by atoms with van der Waals surface area (Å²) in [5.41, 5.74) is 7.45. The van der Waals surface area contributed by atoms with Crippen molar-refractivity contribution < 1.29 is 0 Å². The first kappa shape index (κ1) is 16.8. The first-order valence-corrected chi connectivity index (χ1v) is 8.50. The molecule has 0 N–H and O–H groups in total. The molecule has 0 aromatic rings. The number of hydrogen-bond donors (Lipinski definition) is 0. The normalized spacial score (nSPS) is 40.6. The molecule has 0 saturated carbocycles. The van der Waals surface area contributed by atoms with Gasteiger partial charge in [-0.25, -0.2) is 0 Å². The molecule has 2 rings (SSSR count). The fourth-order valence-corrected chi connectivity index (χ4v) is 6.41. The van der Waals surface area contributed by atoms with Gasteiger partial charge >= 0.3 is 0 Å². The predicted molar refractivity (Wildman–Crippen MR) is 94.3 cm³/mol. The van der Waals surface area contributed by atoms with E-state index in [9.17, 15) is 0 Å². The minimum atomic E-state index is 0.195. The Bertz CT molecular complexity index is 565. The summed E-state index contributed by atoms with van der Waals surface area (Å²) in [5, 5.41) is 0. The van der Waals surface area contributed by atoms with Crippen LogP contribution in [0.4, 0.5) is 0 Å². The van der Waals surface area contributed by atoms with Crippen LogP contribution in [0.3, 0.4) is 0 Å². The number of rotatable bonds is 0. The van der Waals surface area contributed by atoms with E-state index in [1.807, 2.05) is 0 Å². The maximum absolute atomic E-state index is 2.56. The van der Waals surface area contributed by atoms with Crippen LogP contribution in [0.1, 0.15) is 83.1 Å². The second-order valence-corrected chi connectivity index (χ2v) is 9.62. The van der Waals surface area contributed by atoms with Crippen molar-refractivity contribution in [3.05, 3.63) is 22.3 Å². The van der Waals surface area contributed by atoms with Crippen molar-refractivity contribution in [3.63, 3.8) is 0 Å². The Morgan fingerprint density at radius 1 is 0.429 bits per heavy atom. The highest BCUT2D eigenvalue weighted by molar-refractivity contribution is 5.49. The third-order valence-electron chi connectivity index (χ3n) is 9.44. The van der Waals surface area contributed by atoms with Crippen molar-refractivity contribution in [2.24, 2.45) is 27.1 Å². The molecule has 0 aromatic carbocycles. The lowest BCUT2D eigenvalue weighted by molar-refractivity contribution is -0.125. The SMILES string of the molecule is CC1=C(C)C(C)(C)C2(C)C(C)(C)C(C)=C(C)C2(C)C1(C)C. The smallest absolute Gasteiger partial charge is 0.00420 e. The Morgan fingerprint density at radius 3 is 1.10 bits per heavy atom. The molecule has 2 atom stereocenters. The Kier molecular flexibility index (Phi) is 3.10. The van der Waals surface area contributed by atoms with Gasteiger partial charge in [0.2, 0.25) is 0 Å². The summed E-state index contributed by atoms with van der Waals surface area (Å²) < 4.78 is 0. The minimum Gasteiger partial charge on any atom is -0.0676 e. The van der Waals surface area contributed by atoms with Gasteiger partial charge in [0.05, 0.1) is 0 Å². The van der Waals surface area contributed by atoms with E-state index in [1.165, 1.54) is 0 Å². The maximum Gasteiger partial charge on any atom is 0.00420 e. The average molecular weight is 289 g/mol. The van der Waals surface area contributed by atoms with Crippen LogP contribution < -0.4 is 0 Å². The average Bonchev–Trinajstić information content (AvgIpc) is 2.49. The van der Waals surface area contributed by atoms with Crippen molar-refractivity contribution in [1.82, 2.24) is 0 Å². The lowest BCUT2D eigenvalue weighted by Crippen LogP contribution is -2.62. The molecule has 0 radical (unpaired) electrons. The lowest BCUT2D eigenvalue weighted by atomic mass is 9.35. The molecule has 0 aliphatic heterocycles. The lowest BCUT2D eigenvalue weighted by Gasteiger charge is -2.68. The quantitative estimate of drug-likeness (QED) is 0.431. The zero-order valence-electron chi connectivity index (χ0n) is 16.5. The van der Waals surface area contributed by atoms with Gasteiger partial charge in [0, 0.05) is 5.41 Å². The van der Waals surface area contributed by atoms with Crippen LogP contribution in [-0.2, 0) is 0 Å². The van der Waals surface area contributed by atoms with Crippen molar-refractivity contribution in [2.75, 3.05) is 0 Å². The first-order chi connectivity index (χ1) is 9.13. The minimum absolute atomic E-state index is 0.195. The van der Waals surface area contributed by atoms with E-state index in [1.54, 1.807) is 22.3 Å². The molecule has 0 heteroatoms. The highest BCUT2D eigenvalue weighted by Gasteiger charge is 2.72. The van der Waals surface area contributed by atoms with Crippen LogP contribution >= 0.6 is 0 Å². The van der Waals surface area contributed by atoms with Gasteiger partial charge in [-0.15, -0.1) is 0 Å². The van der Waals surface area contributed by atoms with E-state index >= 15 is 0 Å². The first-order valence-electron chi connectivity index (χ1n) is 8.50. The summed E-state index contributed by atoms with van der Waals surface area (Å²) in [6, 6.07) is 0. The molecule has 2 aliphatic rings. The molecule has 120 valence electrons. The van der Waals surface area contributed by atoms with Gasteiger partial charge in [-0.2, -0.15) is 0 Å². The number of hydrogen-bond acceptors (Lipinski definition) is 0. The molecule has 21 heavy (non-hydrogen) atoms. The Morgan fingerprint density at radius 2 is 0.714 bits per heavy atom. The summed E-state index contributed by atoms with van der Waals surface area (Å²) in [7, 11) is 0. The molecule has 0 saturated heterocycles. The van der Waals surface area contributed by atoms with Crippen LogP contribution in [0, 0.1) is 27.1 Å². The summed E-state index contributed by atoms with van der Waals surface area (Å²) in [6.45, 7) is 29.5. The van der Waals surface area contributed by atoms with Crippen molar-refractivity contribution in [3.8, 4) is 0 Å². The van der Waals surface area contributed by atoms with E-state index in [2.05, 4.69) is 83.1 Å². The topological polar surface area (TPSA) is 0 Å². The zero-order valence-corrected chi connectivity index (χ0v) is 16.5. The fourth-order valence-electron chi connectivity index (χ4n) is 6.41. The molecule has 0 heterocycles. The molecule has 0 amide bonds. The highest BCUT2D eigenvalue weighted by atomic mass is 14.8. The molecule has 0 nitrogen and oxygen atoms in total. The summed E-state index contributed by atoms with van der Waals surface area (Å²) >= 11 is 0. The van der Waals surface area contributed by atoms with Gasteiger partial charge in [0.25, 0.3) is 0 Å². The fraction of sp³-hybridized carbons (Fsp3) is 0.810. The molecule has 0 aromatic heterocycles. The van der Waals surface area contributed by atoms with Gasteiger partial charge in [0.1, 0.15) is 0 Å². The molecular weight excluding hydrogens is 252 g/mol. The second-order valence-electron chi connectivity index (χ2n) is 9.62. The van der Waals surface area contributed by atoms with Crippen LogP contribution in [0.5, 0.6) is 0 Å².